The van der Waals surface area contributed by atoms with Gasteiger partial charge in [-0.15, -0.1) is 0 Å². The van der Waals surface area contributed by atoms with Gasteiger partial charge in [-0.25, -0.2) is 8.78 Å². The molecule has 15 heavy (non-hydrogen) atoms. The highest BCUT2D eigenvalue weighted by Crippen LogP contribution is 2.22. The summed E-state index contributed by atoms with van der Waals surface area (Å²) in [5.74, 6) is -1.80. The Bertz CT molecular complexity index is 172. The van der Waals surface area contributed by atoms with Crippen LogP contribution in [0, 0.1) is 5.92 Å². The maximum absolute atomic E-state index is 12.6. The third-order valence-electron chi connectivity index (χ3n) is 3.15. The highest BCUT2D eigenvalue weighted by Gasteiger charge is 2.24. The summed E-state index contributed by atoms with van der Waals surface area (Å²) in [4.78, 5) is 2.14. The van der Waals surface area contributed by atoms with E-state index in [-0.39, 0.29) is 6.42 Å². The maximum Gasteiger partial charge on any atom is 0.246 e. The van der Waals surface area contributed by atoms with Crippen molar-refractivity contribution in [1.82, 2.24) is 4.90 Å². The molecule has 2 N–H and O–H groups in total. The molecule has 0 aliphatic carbocycles. The van der Waals surface area contributed by atoms with Crippen molar-refractivity contribution >= 4 is 0 Å². The molecule has 0 saturated carbocycles. The first-order valence-electron chi connectivity index (χ1n) is 5.81. The number of hydrogen-bond donors (Lipinski definition) is 1. The van der Waals surface area contributed by atoms with Gasteiger partial charge in [-0.1, -0.05) is 0 Å². The van der Waals surface area contributed by atoms with Crippen LogP contribution in [0.2, 0.25) is 0 Å². The zero-order chi connectivity index (χ0) is 11.3. The van der Waals surface area contributed by atoms with Crippen LogP contribution in [-0.2, 0) is 0 Å². The van der Waals surface area contributed by atoms with Gasteiger partial charge in [0.1, 0.15) is 0 Å². The second-order valence-corrected chi connectivity index (χ2v) is 4.68. The minimum atomic E-state index is -2.52. The Morgan fingerprint density at radius 1 is 1.33 bits per heavy atom. The van der Waals surface area contributed by atoms with Crippen molar-refractivity contribution in [2.45, 2.75) is 38.5 Å². The fourth-order valence-electron chi connectivity index (χ4n) is 2.09. The molecule has 0 aromatic carbocycles. The Hall–Kier alpha value is -0.220. The van der Waals surface area contributed by atoms with E-state index in [2.05, 4.69) is 4.90 Å². The first-order chi connectivity index (χ1) is 7.01. The van der Waals surface area contributed by atoms with Crippen molar-refractivity contribution < 1.29 is 8.78 Å². The topological polar surface area (TPSA) is 29.3 Å². The van der Waals surface area contributed by atoms with Gasteiger partial charge in [0, 0.05) is 13.0 Å². The Morgan fingerprint density at radius 2 is 1.93 bits per heavy atom. The average Bonchev–Trinajstić information content (AvgIpc) is 2.16. The fraction of sp³-hybridized carbons (Fsp3) is 1.00. The van der Waals surface area contributed by atoms with Gasteiger partial charge in [0.15, 0.2) is 0 Å². The highest BCUT2D eigenvalue weighted by molar-refractivity contribution is 4.73. The van der Waals surface area contributed by atoms with Crippen LogP contribution in [0.1, 0.15) is 32.6 Å². The van der Waals surface area contributed by atoms with E-state index in [4.69, 9.17) is 5.73 Å². The highest BCUT2D eigenvalue weighted by atomic mass is 19.3. The SMILES string of the molecule is CC(F)(F)CCN1CCC(CCN)CC1. The van der Waals surface area contributed by atoms with Gasteiger partial charge in [-0.2, -0.15) is 0 Å². The molecular formula is C11H22F2N2. The molecule has 0 amide bonds. The van der Waals surface area contributed by atoms with Crippen molar-refractivity contribution in [2.75, 3.05) is 26.2 Å². The molecule has 1 rings (SSSR count). The van der Waals surface area contributed by atoms with Crippen molar-refractivity contribution in [2.24, 2.45) is 11.7 Å². The first kappa shape index (κ1) is 12.8. The molecule has 0 aromatic rings. The summed E-state index contributed by atoms with van der Waals surface area (Å²) in [7, 11) is 0. The predicted molar refractivity (Wildman–Crippen MR) is 58.1 cm³/mol. The van der Waals surface area contributed by atoms with Gasteiger partial charge in [-0.3, -0.25) is 0 Å². The molecule has 1 heterocycles. The quantitative estimate of drug-likeness (QED) is 0.768. The number of halogens is 2. The van der Waals surface area contributed by atoms with Crippen LogP contribution >= 0.6 is 0 Å². The van der Waals surface area contributed by atoms with Crippen molar-refractivity contribution in [3.05, 3.63) is 0 Å². The number of likely N-dealkylation sites (tertiary alicyclic amines) is 1. The molecule has 1 aliphatic heterocycles. The number of nitrogens with two attached hydrogens (primary N) is 1. The van der Waals surface area contributed by atoms with Crippen LogP contribution in [0.4, 0.5) is 8.78 Å². The minimum absolute atomic E-state index is 0.0193. The fourth-order valence-corrected chi connectivity index (χ4v) is 2.09. The molecular weight excluding hydrogens is 198 g/mol. The summed E-state index contributed by atoms with van der Waals surface area (Å²) in [6, 6.07) is 0. The molecule has 0 aromatic heterocycles. The molecule has 1 aliphatic rings. The zero-order valence-electron chi connectivity index (χ0n) is 9.51. The van der Waals surface area contributed by atoms with Crippen LogP contribution in [0.25, 0.3) is 0 Å². The van der Waals surface area contributed by atoms with Crippen molar-refractivity contribution in [3.8, 4) is 0 Å². The molecule has 1 fully saturated rings. The first-order valence-corrected chi connectivity index (χ1v) is 5.81. The van der Waals surface area contributed by atoms with E-state index < -0.39 is 5.92 Å². The molecule has 1 saturated heterocycles. The smallest absolute Gasteiger partial charge is 0.246 e. The van der Waals surface area contributed by atoms with E-state index in [1.54, 1.807) is 0 Å². The van der Waals surface area contributed by atoms with Crippen LogP contribution < -0.4 is 5.73 Å². The lowest BCUT2D eigenvalue weighted by Gasteiger charge is -2.32. The van der Waals surface area contributed by atoms with Crippen LogP contribution in [-0.4, -0.2) is 37.0 Å². The van der Waals surface area contributed by atoms with Gasteiger partial charge in [-0.05, 0) is 51.7 Å². The van der Waals surface area contributed by atoms with Gasteiger partial charge in [0.05, 0.1) is 0 Å². The number of nitrogens with zero attached hydrogens (tertiary/aromatic N) is 1. The summed E-state index contributed by atoms with van der Waals surface area (Å²) in [6.07, 6.45) is 3.30. The van der Waals surface area contributed by atoms with E-state index in [0.29, 0.717) is 12.5 Å². The zero-order valence-corrected chi connectivity index (χ0v) is 9.51. The van der Waals surface area contributed by atoms with E-state index >= 15 is 0 Å². The van der Waals surface area contributed by atoms with E-state index in [1.165, 1.54) is 0 Å². The lowest BCUT2D eigenvalue weighted by atomic mass is 9.93. The minimum Gasteiger partial charge on any atom is -0.330 e. The Balaban J connectivity index is 2.15. The summed E-state index contributed by atoms with van der Waals surface area (Å²) >= 11 is 0. The molecule has 90 valence electrons. The molecule has 4 heteroatoms. The van der Waals surface area contributed by atoms with Gasteiger partial charge in [0.25, 0.3) is 0 Å². The Morgan fingerprint density at radius 3 is 2.40 bits per heavy atom. The van der Waals surface area contributed by atoms with Gasteiger partial charge < -0.3 is 10.6 Å². The lowest BCUT2D eigenvalue weighted by molar-refractivity contribution is 0.000211. The van der Waals surface area contributed by atoms with E-state index in [0.717, 1.165) is 45.8 Å². The largest absolute Gasteiger partial charge is 0.330 e. The normalized spacial score (nSPS) is 20.8. The second-order valence-electron chi connectivity index (χ2n) is 4.68. The molecule has 2 nitrogen and oxygen atoms in total. The standard InChI is InChI=1S/C11H22F2N2/c1-11(12,13)5-9-15-7-3-10(2-6-14)4-8-15/h10H,2-9,14H2,1H3. The van der Waals surface area contributed by atoms with Crippen molar-refractivity contribution in [1.29, 1.82) is 0 Å². The third kappa shape index (κ3) is 5.42. The monoisotopic (exact) mass is 220 g/mol. The number of hydrogen-bond acceptors (Lipinski definition) is 2. The van der Waals surface area contributed by atoms with Crippen LogP contribution in [0.3, 0.4) is 0 Å². The summed E-state index contributed by atoms with van der Waals surface area (Å²) in [5.41, 5.74) is 5.50. The molecule has 0 bridgehead atoms. The molecule has 0 unspecified atom stereocenters. The molecule has 0 spiro atoms. The second kappa shape index (κ2) is 5.75. The Labute approximate surface area is 90.8 Å². The lowest BCUT2D eigenvalue weighted by Crippen LogP contribution is -2.36. The molecule has 0 atom stereocenters. The van der Waals surface area contributed by atoms with Gasteiger partial charge in [0.2, 0.25) is 5.92 Å². The predicted octanol–water partition coefficient (Wildman–Crippen LogP) is 2.09. The summed E-state index contributed by atoms with van der Waals surface area (Å²) < 4.78 is 25.3. The average molecular weight is 220 g/mol. The third-order valence-corrected chi connectivity index (χ3v) is 3.15. The maximum atomic E-state index is 12.6. The summed E-state index contributed by atoms with van der Waals surface area (Å²) in [5, 5.41) is 0. The number of piperidine rings is 1. The van der Waals surface area contributed by atoms with E-state index in [9.17, 15) is 8.78 Å². The number of rotatable bonds is 5. The van der Waals surface area contributed by atoms with Crippen LogP contribution in [0.5, 0.6) is 0 Å². The summed E-state index contributed by atoms with van der Waals surface area (Å²) in [6.45, 7) is 4.19. The number of alkyl halides is 2. The van der Waals surface area contributed by atoms with Crippen molar-refractivity contribution in [3.63, 3.8) is 0 Å². The van der Waals surface area contributed by atoms with Crippen LogP contribution in [0.15, 0.2) is 0 Å². The van der Waals surface area contributed by atoms with Gasteiger partial charge >= 0.3 is 0 Å². The molecule has 0 radical (unpaired) electrons. The van der Waals surface area contributed by atoms with E-state index in [1.807, 2.05) is 0 Å². The Kier molecular flexibility index (Phi) is 4.93.